The van der Waals surface area contributed by atoms with Crippen molar-refractivity contribution in [2.45, 2.75) is 0 Å². The monoisotopic (exact) mass is 257 g/mol. The zero-order valence-corrected chi connectivity index (χ0v) is 9.98. The fourth-order valence-electron chi connectivity index (χ4n) is 1.74. The predicted molar refractivity (Wildman–Crippen MR) is 70.6 cm³/mol. The summed E-state index contributed by atoms with van der Waals surface area (Å²) in [6, 6.07) is 8.89. The number of nitrogens with zero attached hydrogens (tertiary/aromatic N) is 2. The number of rotatable bonds is 1. The fourth-order valence-corrected chi connectivity index (χ4v) is 1.86. The second kappa shape index (κ2) is 4.23. The molecule has 3 rings (SSSR count). The average Bonchev–Trinajstić information content (AvgIpc) is 2.39. The summed E-state index contributed by atoms with van der Waals surface area (Å²) in [7, 11) is 0. The van der Waals surface area contributed by atoms with E-state index in [9.17, 15) is 4.79 Å². The average molecular weight is 258 g/mol. The van der Waals surface area contributed by atoms with E-state index in [2.05, 4.69) is 15.0 Å². The van der Waals surface area contributed by atoms with Crippen LogP contribution >= 0.6 is 11.6 Å². The summed E-state index contributed by atoms with van der Waals surface area (Å²) in [5.74, 6) is 0.523. The largest absolute Gasteiger partial charge is 0.339 e. The third-order valence-corrected chi connectivity index (χ3v) is 2.89. The number of benzene rings is 1. The second-order valence-electron chi connectivity index (χ2n) is 3.82. The number of hydrogen-bond donors (Lipinski definition) is 1. The fraction of sp³-hybridized carbons (Fsp3) is 0. The van der Waals surface area contributed by atoms with Crippen LogP contribution in [-0.4, -0.2) is 15.0 Å². The van der Waals surface area contributed by atoms with Crippen LogP contribution in [0.4, 0.5) is 0 Å². The van der Waals surface area contributed by atoms with Crippen molar-refractivity contribution >= 4 is 22.5 Å². The lowest BCUT2D eigenvalue weighted by atomic mass is 10.2. The Morgan fingerprint density at radius 1 is 1.11 bits per heavy atom. The van der Waals surface area contributed by atoms with Crippen molar-refractivity contribution in [3.63, 3.8) is 0 Å². The van der Waals surface area contributed by atoms with Crippen molar-refractivity contribution in [1.82, 2.24) is 15.0 Å². The quantitative estimate of drug-likeness (QED) is 0.729. The molecule has 0 spiro atoms. The highest BCUT2D eigenvalue weighted by atomic mass is 35.5. The van der Waals surface area contributed by atoms with Crippen LogP contribution in [0.3, 0.4) is 0 Å². The minimum Gasteiger partial charge on any atom is -0.339 e. The first-order chi connectivity index (χ1) is 8.74. The van der Waals surface area contributed by atoms with Crippen molar-refractivity contribution in [1.29, 1.82) is 0 Å². The van der Waals surface area contributed by atoms with E-state index in [0.717, 1.165) is 11.1 Å². The van der Waals surface area contributed by atoms with Gasteiger partial charge < -0.3 is 4.98 Å². The molecule has 5 heteroatoms. The zero-order chi connectivity index (χ0) is 12.5. The highest BCUT2D eigenvalue weighted by Gasteiger charge is 2.05. The molecule has 3 aromatic rings. The van der Waals surface area contributed by atoms with Gasteiger partial charge in [0.25, 0.3) is 5.56 Å². The standard InChI is InChI=1S/C13H8ClN3O/c14-9-3-1-8(2-4-9)12-16-11-5-6-15-7-10(11)13(18)17-12/h1-7H,(H,16,17,18). The number of hydrogen-bond acceptors (Lipinski definition) is 3. The van der Waals surface area contributed by atoms with Gasteiger partial charge in [0.2, 0.25) is 0 Å². The summed E-state index contributed by atoms with van der Waals surface area (Å²) in [5, 5.41) is 1.13. The molecule has 0 atom stereocenters. The Morgan fingerprint density at radius 3 is 2.67 bits per heavy atom. The zero-order valence-electron chi connectivity index (χ0n) is 9.22. The first-order valence-electron chi connectivity index (χ1n) is 5.34. The van der Waals surface area contributed by atoms with Crippen LogP contribution in [-0.2, 0) is 0 Å². The number of fused-ring (bicyclic) bond motifs is 1. The molecule has 0 unspecified atom stereocenters. The van der Waals surface area contributed by atoms with E-state index in [1.807, 2.05) is 12.1 Å². The molecule has 0 saturated heterocycles. The minimum absolute atomic E-state index is 0.290. The number of nitrogens with one attached hydrogen (secondary N) is 1. The van der Waals surface area contributed by atoms with Crippen LogP contribution in [0.25, 0.3) is 22.3 Å². The van der Waals surface area contributed by atoms with E-state index in [-0.39, 0.29) is 5.56 Å². The SMILES string of the molecule is O=c1nc(-c2ccc(Cl)cc2)[nH]c2ccncc12. The maximum absolute atomic E-state index is 11.8. The van der Waals surface area contributed by atoms with Gasteiger partial charge in [0, 0.05) is 23.0 Å². The Kier molecular flexibility index (Phi) is 2.57. The summed E-state index contributed by atoms with van der Waals surface area (Å²) < 4.78 is 0. The maximum atomic E-state index is 11.8. The maximum Gasteiger partial charge on any atom is 0.282 e. The van der Waals surface area contributed by atoms with Gasteiger partial charge in [0.1, 0.15) is 5.82 Å². The second-order valence-corrected chi connectivity index (χ2v) is 4.26. The lowest BCUT2D eigenvalue weighted by molar-refractivity contribution is 1.17. The number of aromatic amines is 1. The number of halogens is 1. The van der Waals surface area contributed by atoms with Gasteiger partial charge in [-0.15, -0.1) is 0 Å². The molecule has 1 aromatic carbocycles. The predicted octanol–water partition coefficient (Wildman–Crippen LogP) is 2.64. The molecule has 0 saturated carbocycles. The summed E-state index contributed by atoms with van der Waals surface area (Å²) in [6.45, 7) is 0. The first kappa shape index (κ1) is 10.9. The van der Waals surface area contributed by atoms with Crippen molar-refractivity contribution in [3.8, 4) is 11.4 Å². The Balaban J connectivity index is 2.24. The van der Waals surface area contributed by atoms with Crippen molar-refractivity contribution < 1.29 is 0 Å². The molecule has 0 amide bonds. The Labute approximate surface area is 107 Å². The molecule has 0 fully saturated rings. The minimum atomic E-state index is -0.290. The van der Waals surface area contributed by atoms with Crippen LogP contribution in [0, 0.1) is 0 Å². The molecule has 2 heterocycles. The van der Waals surface area contributed by atoms with E-state index >= 15 is 0 Å². The summed E-state index contributed by atoms with van der Waals surface area (Å²) in [5.41, 5.74) is 1.24. The van der Waals surface area contributed by atoms with Gasteiger partial charge in [-0.3, -0.25) is 9.78 Å². The van der Waals surface area contributed by atoms with Crippen LogP contribution in [0.1, 0.15) is 0 Å². The number of aromatic nitrogens is 3. The molecule has 1 N–H and O–H groups in total. The lowest BCUT2D eigenvalue weighted by Gasteiger charge is -2.03. The van der Waals surface area contributed by atoms with E-state index < -0.39 is 0 Å². The number of H-pyrrole nitrogens is 1. The third-order valence-electron chi connectivity index (χ3n) is 2.64. The highest BCUT2D eigenvalue weighted by molar-refractivity contribution is 6.30. The molecule has 88 valence electrons. The van der Waals surface area contributed by atoms with E-state index in [4.69, 9.17) is 11.6 Å². The molecular formula is C13H8ClN3O. The molecule has 0 aliphatic rings. The van der Waals surface area contributed by atoms with Crippen molar-refractivity contribution in [3.05, 3.63) is 58.1 Å². The molecule has 18 heavy (non-hydrogen) atoms. The first-order valence-corrected chi connectivity index (χ1v) is 5.72. The van der Waals surface area contributed by atoms with Gasteiger partial charge in [-0.25, -0.2) is 0 Å². The summed E-state index contributed by atoms with van der Waals surface area (Å²) in [6.07, 6.45) is 3.14. The molecule has 4 nitrogen and oxygen atoms in total. The molecular weight excluding hydrogens is 250 g/mol. The summed E-state index contributed by atoms with van der Waals surface area (Å²) in [4.78, 5) is 22.9. The van der Waals surface area contributed by atoms with Crippen molar-refractivity contribution in [2.75, 3.05) is 0 Å². The normalized spacial score (nSPS) is 10.7. The van der Waals surface area contributed by atoms with Gasteiger partial charge >= 0.3 is 0 Å². The van der Waals surface area contributed by atoms with Gasteiger partial charge in [-0.1, -0.05) is 11.6 Å². The van der Waals surface area contributed by atoms with Crippen molar-refractivity contribution in [2.24, 2.45) is 0 Å². The van der Waals surface area contributed by atoms with Gasteiger partial charge in [-0.05, 0) is 30.3 Å². The van der Waals surface area contributed by atoms with Gasteiger partial charge in [0.05, 0.1) is 10.9 Å². The molecule has 0 aliphatic carbocycles. The molecule has 0 aliphatic heterocycles. The molecule has 0 radical (unpaired) electrons. The topological polar surface area (TPSA) is 58.6 Å². The van der Waals surface area contributed by atoms with E-state index in [1.54, 1.807) is 24.4 Å². The molecule has 0 bridgehead atoms. The lowest BCUT2D eigenvalue weighted by Crippen LogP contribution is -2.09. The van der Waals surface area contributed by atoms with Gasteiger partial charge in [-0.2, -0.15) is 4.98 Å². The van der Waals surface area contributed by atoms with E-state index in [1.165, 1.54) is 6.20 Å². The van der Waals surface area contributed by atoms with Crippen LogP contribution in [0.5, 0.6) is 0 Å². The Hall–Kier alpha value is -2.20. The van der Waals surface area contributed by atoms with Crippen LogP contribution in [0.2, 0.25) is 5.02 Å². The van der Waals surface area contributed by atoms with Gasteiger partial charge in [0.15, 0.2) is 0 Å². The van der Waals surface area contributed by atoms with Crippen LogP contribution in [0.15, 0.2) is 47.5 Å². The van der Waals surface area contributed by atoms with E-state index in [0.29, 0.717) is 16.2 Å². The molecule has 2 aromatic heterocycles. The Morgan fingerprint density at radius 2 is 1.89 bits per heavy atom. The van der Waals surface area contributed by atoms with Crippen LogP contribution < -0.4 is 5.56 Å². The summed E-state index contributed by atoms with van der Waals surface area (Å²) >= 11 is 5.82. The number of pyridine rings is 1. The smallest absolute Gasteiger partial charge is 0.282 e. The third kappa shape index (κ3) is 1.87. The highest BCUT2D eigenvalue weighted by Crippen LogP contribution is 2.18. The Bertz CT molecular complexity index is 765.